The summed E-state index contributed by atoms with van der Waals surface area (Å²) in [5.74, 6) is -0.133. The van der Waals surface area contributed by atoms with E-state index in [0.717, 1.165) is 17.8 Å². The van der Waals surface area contributed by atoms with E-state index in [1.165, 1.54) is 4.68 Å². The molecule has 9 heteroatoms. The highest BCUT2D eigenvalue weighted by atomic mass is 16.6. The first-order valence-corrected chi connectivity index (χ1v) is 8.26. The van der Waals surface area contributed by atoms with Crippen LogP contribution in [0.2, 0.25) is 0 Å². The molecule has 2 aromatic heterocycles. The molecule has 0 bridgehead atoms. The van der Waals surface area contributed by atoms with E-state index in [1.54, 1.807) is 20.0 Å². The fraction of sp³-hybridized carbons (Fsp3) is 0.562. The Morgan fingerprint density at radius 1 is 1.32 bits per heavy atom. The lowest BCUT2D eigenvalue weighted by molar-refractivity contribution is -0.386. The van der Waals surface area contributed by atoms with E-state index in [-0.39, 0.29) is 24.1 Å². The van der Waals surface area contributed by atoms with Gasteiger partial charge in [-0.3, -0.25) is 24.3 Å². The molecule has 25 heavy (non-hydrogen) atoms. The molecule has 1 N–H and O–H groups in total. The van der Waals surface area contributed by atoms with Crippen LogP contribution in [0.3, 0.4) is 0 Å². The summed E-state index contributed by atoms with van der Waals surface area (Å²) in [6.45, 7) is 10.2. The van der Waals surface area contributed by atoms with Crippen molar-refractivity contribution < 1.29 is 9.72 Å². The summed E-state index contributed by atoms with van der Waals surface area (Å²) < 4.78 is 3.39. The molecule has 0 aliphatic carbocycles. The molecule has 0 saturated heterocycles. The first-order chi connectivity index (χ1) is 11.8. The molecule has 9 nitrogen and oxygen atoms in total. The van der Waals surface area contributed by atoms with E-state index < -0.39 is 4.92 Å². The first-order valence-electron chi connectivity index (χ1n) is 8.26. The summed E-state index contributed by atoms with van der Waals surface area (Å²) in [4.78, 5) is 22.8. The van der Waals surface area contributed by atoms with Gasteiger partial charge in [0.1, 0.15) is 11.4 Å². The summed E-state index contributed by atoms with van der Waals surface area (Å²) in [5.41, 5.74) is 2.85. The Kier molecular flexibility index (Phi) is 5.55. The van der Waals surface area contributed by atoms with Crippen molar-refractivity contribution in [3.05, 3.63) is 39.0 Å². The number of rotatable bonds is 7. The summed E-state index contributed by atoms with van der Waals surface area (Å²) in [6, 6.07) is -0.150. The van der Waals surface area contributed by atoms with Gasteiger partial charge in [0.15, 0.2) is 0 Å². The van der Waals surface area contributed by atoms with Crippen LogP contribution in [-0.2, 0) is 17.9 Å². The van der Waals surface area contributed by atoms with E-state index in [1.807, 2.05) is 25.5 Å². The van der Waals surface area contributed by atoms with Crippen LogP contribution in [0.1, 0.15) is 49.0 Å². The zero-order chi connectivity index (χ0) is 18.7. The number of carbonyl (C=O) groups excluding carboxylic acids is 1. The minimum absolute atomic E-state index is 0.0105. The predicted molar refractivity (Wildman–Crippen MR) is 92.2 cm³/mol. The standard InChI is InChI=1S/C16H24N6O3/c1-6-20-12(4)14(9-17-20)10(2)18-15(23)7-8-21-13(5)16(22(24)25)11(3)19-21/h9-10H,6-8H2,1-5H3,(H,18,23). The van der Waals surface area contributed by atoms with Gasteiger partial charge in [-0.1, -0.05) is 0 Å². The fourth-order valence-corrected chi connectivity index (χ4v) is 2.97. The smallest absolute Gasteiger partial charge is 0.312 e. The molecule has 1 atom stereocenters. The second-order valence-electron chi connectivity index (χ2n) is 6.04. The van der Waals surface area contributed by atoms with Crippen LogP contribution in [-0.4, -0.2) is 30.4 Å². The van der Waals surface area contributed by atoms with Crippen LogP contribution in [0.5, 0.6) is 0 Å². The third-order valence-electron chi connectivity index (χ3n) is 4.36. The number of hydrogen-bond donors (Lipinski definition) is 1. The lowest BCUT2D eigenvalue weighted by Gasteiger charge is -2.14. The number of aromatic nitrogens is 4. The van der Waals surface area contributed by atoms with Crippen LogP contribution in [0, 0.1) is 30.9 Å². The Hall–Kier alpha value is -2.71. The second-order valence-corrected chi connectivity index (χ2v) is 6.04. The van der Waals surface area contributed by atoms with Gasteiger partial charge in [0.2, 0.25) is 5.91 Å². The number of nitro groups is 1. The minimum Gasteiger partial charge on any atom is -0.349 e. The summed E-state index contributed by atoms with van der Waals surface area (Å²) >= 11 is 0. The van der Waals surface area contributed by atoms with E-state index in [2.05, 4.69) is 15.5 Å². The third kappa shape index (κ3) is 3.86. The molecular weight excluding hydrogens is 324 g/mol. The van der Waals surface area contributed by atoms with Gasteiger partial charge >= 0.3 is 5.69 Å². The van der Waals surface area contributed by atoms with Crippen LogP contribution in [0.4, 0.5) is 5.69 Å². The highest BCUT2D eigenvalue weighted by molar-refractivity contribution is 5.76. The largest absolute Gasteiger partial charge is 0.349 e. The lowest BCUT2D eigenvalue weighted by atomic mass is 10.1. The summed E-state index contributed by atoms with van der Waals surface area (Å²) in [6.07, 6.45) is 1.97. The molecule has 2 rings (SSSR count). The maximum atomic E-state index is 12.2. The lowest BCUT2D eigenvalue weighted by Crippen LogP contribution is -2.28. The van der Waals surface area contributed by atoms with Crippen molar-refractivity contribution in [3.8, 4) is 0 Å². The topological polar surface area (TPSA) is 108 Å². The molecule has 0 aliphatic rings. The molecule has 1 amide bonds. The van der Waals surface area contributed by atoms with Crippen LogP contribution < -0.4 is 5.32 Å². The molecule has 0 radical (unpaired) electrons. The second kappa shape index (κ2) is 7.45. The van der Waals surface area contributed by atoms with Crippen LogP contribution >= 0.6 is 0 Å². The average molecular weight is 348 g/mol. The average Bonchev–Trinajstić information content (AvgIpc) is 3.04. The molecule has 0 saturated carbocycles. The molecule has 0 aliphatic heterocycles. The van der Waals surface area contributed by atoms with Gasteiger partial charge in [0.05, 0.1) is 23.7 Å². The van der Waals surface area contributed by atoms with Gasteiger partial charge in [0.25, 0.3) is 0 Å². The van der Waals surface area contributed by atoms with Crippen molar-refractivity contribution in [3.63, 3.8) is 0 Å². The van der Waals surface area contributed by atoms with Gasteiger partial charge in [0, 0.05) is 24.2 Å². The van der Waals surface area contributed by atoms with E-state index >= 15 is 0 Å². The molecule has 2 heterocycles. The molecule has 0 fully saturated rings. The Morgan fingerprint density at radius 3 is 2.52 bits per heavy atom. The van der Waals surface area contributed by atoms with E-state index in [4.69, 9.17) is 0 Å². The van der Waals surface area contributed by atoms with E-state index in [9.17, 15) is 14.9 Å². The minimum atomic E-state index is -0.440. The Labute approximate surface area is 146 Å². The Morgan fingerprint density at radius 2 is 2.00 bits per heavy atom. The normalized spacial score (nSPS) is 12.2. The summed E-state index contributed by atoms with van der Waals surface area (Å²) in [7, 11) is 0. The van der Waals surface area contributed by atoms with Crippen LogP contribution in [0.15, 0.2) is 6.20 Å². The zero-order valence-corrected chi connectivity index (χ0v) is 15.2. The van der Waals surface area contributed by atoms with Crippen LogP contribution in [0.25, 0.3) is 0 Å². The molecule has 0 aromatic carbocycles. The first kappa shape index (κ1) is 18.6. The number of amides is 1. The van der Waals surface area contributed by atoms with Gasteiger partial charge in [-0.05, 0) is 34.6 Å². The van der Waals surface area contributed by atoms with Gasteiger partial charge < -0.3 is 5.32 Å². The number of nitrogens with one attached hydrogen (secondary N) is 1. The Balaban J connectivity index is 1.98. The number of hydrogen-bond acceptors (Lipinski definition) is 5. The predicted octanol–water partition coefficient (Wildman–Crippen LogP) is 2.20. The SMILES string of the molecule is CCn1ncc(C(C)NC(=O)CCn2nc(C)c([N+](=O)[O-])c2C)c1C. The maximum Gasteiger partial charge on any atom is 0.312 e. The molecule has 1 unspecified atom stereocenters. The third-order valence-corrected chi connectivity index (χ3v) is 4.36. The van der Waals surface area contributed by atoms with Crippen molar-refractivity contribution in [2.45, 2.75) is 60.2 Å². The zero-order valence-electron chi connectivity index (χ0n) is 15.2. The van der Waals surface area contributed by atoms with Crippen molar-refractivity contribution in [2.75, 3.05) is 0 Å². The highest BCUT2D eigenvalue weighted by Gasteiger charge is 2.22. The monoisotopic (exact) mass is 348 g/mol. The molecular formula is C16H24N6O3. The van der Waals surface area contributed by atoms with Gasteiger partial charge in [-0.25, -0.2) is 0 Å². The van der Waals surface area contributed by atoms with Crippen molar-refractivity contribution in [1.82, 2.24) is 24.9 Å². The molecule has 2 aromatic rings. The Bertz CT molecular complexity index is 792. The van der Waals surface area contributed by atoms with Gasteiger partial charge in [-0.15, -0.1) is 0 Å². The van der Waals surface area contributed by atoms with Crippen molar-refractivity contribution >= 4 is 11.6 Å². The van der Waals surface area contributed by atoms with Crippen molar-refractivity contribution in [2.24, 2.45) is 0 Å². The van der Waals surface area contributed by atoms with Gasteiger partial charge in [-0.2, -0.15) is 10.2 Å². The van der Waals surface area contributed by atoms with Crippen molar-refractivity contribution in [1.29, 1.82) is 0 Å². The number of aryl methyl sites for hydroxylation is 3. The van der Waals surface area contributed by atoms with E-state index in [0.29, 0.717) is 17.9 Å². The maximum absolute atomic E-state index is 12.2. The molecule has 136 valence electrons. The molecule has 0 spiro atoms. The fourth-order valence-electron chi connectivity index (χ4n) is 2.97. The number of nitrogens with zero attached hydrogens (tertiary/aromatic N) is 5. The quantitative estimate of drug-likeness (QED) is 0.609. The number of carbonyl (C=O) groups is 1. The highest BCUT2D eigenvalue weighted by Crippen LogP contribution is 2.22. The summed E-state index contributed by atoms with van der Waals surface area (Å²) in [5, 5.41) is 22.4.